The third kappa shape index (κ3) is 5.01. The number of carbonyl (C=O) groups is 1. The minimum atomic E-state index is -0.701. The van der Waals surface area contributed by atoms with Gasteiger partial charge >= 0.3 is 5.97 Å². The number of nitrogens with zero attached hydrogens (tertiary/aromatic N) is 2. The van der Waals surface area contributed by atoms with Crippen molar-refractivity contribution in [2.24, 2.45) is 4.99 Å². The second-order valence-corrected chi connectivity index (χ2v) is 9.91. The quantitative estimate of drug-likeness (QED) is 0.398. The van der Waals surface area contributed by atoms with E-state index < -0.39 is 12.0 Å². The highest BCUT2D eigenvalue weighted by atomic mass is 35.5. The summed E-state index contributed by atoms with van der Waals surface area (Å²) in [5, 5.41) is 10.6. The molecule has 2 aromatic carbocycles. The van der Waals surface area contributed by atoms with E-state index in [0.29, 0.717) is 32.0 Å². The summed E-state index contributed by atoms with van der Waals surface area (Å²) in [6.45, 7) is 9.02. The monoisotopic (exact) mass is 508 g/mol. The number of ether oxygens (including phenoxy) is 1. The van der Waals surface area contributed by atoms with Crippen molar-refractivity contribution < 1.29 is 14.6 Å². The van der Waals surface area contributed by atoms with Crippen molar-refractivity contribution in [3.05, 3.63) is 108 Å². The molecule has 1 N–H and O–H groups in total. The smallest absolute Gasteiger partial charge is 0.338 e. The van der Waals surface area contributed by atoms with Crippen LogP contribution in [-0.2, 0) is 16.0 Å². The average molecular weight is 509 g/mol. The number of hydrogen-bond acceptors (Lipinski definition) is 6. The lowest BCUT2D eigenvalue weighted by Gasteiger charge is -2.25. The molecule has 0 fully saturated rings. The van der Waals surface area contributed by atoms with Gasteiger partial charge in [0.2, 0.25) is 0 Å². The fourth-order valence-corrected chi connectivity index (χ4v) is 5.16. The summed E-state index contributed by atoms with van der Waals surface area (Å²) < 4.78 is 7.50. The van der Waals surface area contributed by atoms with Crippen LogP contribution in [0, 0.1) is 0 Å². The SMILES string of the molecule is C=CCc1cc(/C=c2/sc3n(c2=O)[C@H](c2ccc(Cl)cc2)C(C(=O)OC(C)C)=C(C)N=3)ccc1O. The van der Waals surface area contributed by atoms with Gasteiger partial charge < -0.3 is 9.84 Å². The highest BCUT2D eigenvalue weighted by molar-refractivity contribution is 7.07. The normalized spacial score (nSPS) is 15.7. The van der Waals surface area contributed by atoms with Crippen LogP contribution in [0.1, 0.15) is 43.5 Å². The van der Waals surface area contributed by atoms with E-state index in [9.17, 15) is 14.7 Å². The lowest BCUT2D eigenvalue weighted by molar-refractivity contribution is -0.143. The summed E-state index contributed by atoms with van der Waals surface area (Å²) in [6, 6.07) is 11.5. The average Bonchev–Trinajstić information content (AvgIpc) is 3.10. The fourth-order valence-electron chi connectivity index (χ4n) is 3.99. The molecule has 0 radical (unpaired) electrons. The van der Waals surface area contributed by atoms with Crippen molar-refractivity contribution in [1.82, 2.24) is 4.57 Å². The van der Waals surface area contributed by atoms with Crippen LogP contribution in [0.3, 0.4) is 0 Å². The Morgan fingerprint density at radius 1 is 1.29 bits per heavy atom. The zero-order chi connectivity index (χ0) is 25.3. The van der Waals surface area contributed by atoms with Gasteiger partial charge in [-0.25, -0.2) is 9.79 Å². The maximum absolute atomic E-state index is 13.7. The summed E-state index contributed by atoms with van der Waals surface area (Å²) in [4.78, 5) is 31.8. The van der Waals surface area contributed by atoms with Crippen LogP contribution in [0.4, 0.5) is 0 Å². The molecule has 0 unspecified atom stereocenters. The van der Waals surface area contributed by atoms with Gasteiger partial charge in [0, 0.05) is 5.02 Å². The first kappa shape index (κ1) is 24.7. The second kappa shape index (κ2) is 10.1. The molecule has 4 rings (SSSR count). The molecule has 0 aliphatic carbocycles. The molecule has 0 amide bonds. The molecular formula is C27H25ClN2O4S. The molecule has 0 saturated carbocycles. The minimum Gasteiger partial charge on any atom is -0.508 e. The number of carbonyl (C=O) groups excluding carboxylic acids is 1. The number of phenols is 1. The Hall–Kier alpha value is -3.42. The van der Waals surface area contributed by atoms with Gasteiger partial charge in [-0.1, -0.05) is 47.2 Å². The molecule has 3 aromatic rings. The van der Waals surface area contributed by atoms with Gasteiger partial charge in [0.25, 0.3) is 5.56 Å². The molecule has 6 nitrogen and oxygen atoms in total. The molecule has 1 aliphatic rings. The van der Waals surface area contributed by atoms with E-state index in [1.807, 2.05) is 6.07 Å². The maximum atomic E-state index is 13.7. The van der Waals surface area contributed by atoms with Gasteiger partial charge in [-0.05, 0) is 74.2 Å². The predicted molar refractivity (Wildman–Crippen MR) is 138 cm³/mol. The molecule has 180 valence electrons. The van der Waals surface area contributed by atoms with Crippen LogP contribution < -0.4 is 14.9 Å². The number of benzene rings is 2. The van der Waals surface area contributed by atoms with Gasteiger partial charge in [-0.15, -0.1) is 6.58 Å². The van der Waals surface area contributed by atoms with Crippen LogP contribution in [0.5, 0.6) is 5.75 Å². The number of aromatic hydroxyl groups is 1. The summed E-state index contributed by atoms with van der Waals surface area (Å²) in [5.41, 5.74) is 2.76. The Labute approximate surface area is 211 Å². The zero-order valence-corrected chi connectivity index (χ0v) is 21.2. The number of esters is 1. The van der Waals surface area contributed by atoms with Crippen molar-refractivity contribution in [2.45, 2.75) is 39.3 Å². The number of rotatable bonds is 6. The molecule has 35 heavy (non-hydrogen) atoms. The molecular weight excluding hydrogens is 484 g/mol. The minimum absolute atomic E-state index is 0.176. The van der Waals surface area contributed by atoms with Crippen molar-refractivity contribution >= 4 is 35.0 Å². The highest BCUT2D eigenvalue weighted by Gasteiger charge is 2.33. The molecule has 0 saturated heterocycles. The van der Waals surface area contributed by atoms with Gasteiger partial charge in [-0.2, -0.15) is 0 Å². The Bertz CT molecular complexity index is 1510. The highest BCUT2D eigenvalue weighted by Crippen LogP contribution is 2.31. The van der Waals surface area contributed by atoms with Crippen molar-refractivity contribution in [2.75, 3.05) is 0 Å². The molecule has 1 aromatic heterocycles. The number of hydrogen-bond donors (Lipinski definition) is 1. The van der Waals surface area contributed by atoms with Gasteiger partial charge in [-0.3, -0.25) is 9.36 Å². The van der Waals surface area contributed by atoms with Crippen LogP contribution in [0.15, 0.2) is 76.2 Å². The van der Waals surface area contributed by atoms with Crippen LogP contribution in [-0.4, -0.2) is 21.7 Å². The van der Waals surface area contributed by atoms with Crippen LogP contribution >= 0.6 is 22.9 Å². The number of aromatic nitrogens is 1. The van der Waals surface area contributed by atoms with E-state index >= 15 is 0 Å². The molecule has 8 heteroatoms. The number of fused-ring (bicyclic) bond motifs is 1. The molecule has 2 heterocycles. The molecule has 1 atom stereocenters. The van der Waals surface area contributed by atoms with E-state index in [4.69, 9.17) is 16.3 Å². The van der Waals surface area contributed by atoms with Gasteiger partial charge in [0.15, 0.2) is 4.80 Å². The third-order valence-electron chi connectivity index (χ3n) is 5.54. The number of allylic oxidation sites excluding steroid dienone is 2. The molecule has 0 bridgehead atoms. The Morgan fingerprint density at radius 3 is 2.66 bits per heavy atom. The number of thiazole rings is 1. The Balaban J connectivity index is 1.92. The first-order chi connectivity index (χ1) is 16.7. The van der Waals surface area contributed by atoms with E-state index in [1.54, 1.807) is 69.3 Å². The standard InChI is InChI=1S/C27H25ClN2O4S/c1-5-6-19-13-17(7-12-21(19)31)14-22-25(32)30-24(18-8-10-20(28)11-9-18)23(26(33)34-15(2)3)16(4)29-27(30)35-22/h5,7-15,24,31H,1,6H2,2-4H3/b22-14+/t24-/m1/s1. The van der Waals surface area contributed by atoms with Crippen molar-refractivity contribution in [3.63, 3.8) is 0 Å². The van der Waals surface area contributed by atoms with Crippen LogP contribution in [0.2, 0.25) is 5.02 Å². The van der Waals surface area contributed by atoms with Crippen molar-refractivity contribution in [3.8, 4) is 5.75 Å². The topological polar surface area (TPSA) is 80.9 Å². The number of halogens is 1. The summed E-state index contributed by atoms with van der Waals surface area (Å²) >= 11 is 7.35. The third-order valence-corrected chi connectivity index (χ3v) is 6.77. The maximum Gasteiger partial charge on any atom is 0.338 e. The summed E-state index contributed by atoms with van der Waals surface area (Å²) in [5.74, 6) is -0.335. The van der Waals surface area contributed by atoms with Gasteiger partial charge in [0.05, 0.1) is 27.9 Å². The molecule has 0 spiro atoms. The Morgan fingerprint density at radius 2 is 2.00 bits per heavy atom. The fraction of sp³-hybridized carbons (Fsp3) is 0.222. The lowest BCUT2D eigenvalue weighted by atomic mass is 9.96. The predicted octanol–water partition coefficient (Wildman–Crippen LogP) is 4.27. The first-order valence-electron chi connectivity index (χ1n) is 11.1. The largest absolute Gasteiger partial charge is 0.508 e. The van der Waals surface area contributed by atoms with Crippen LogP contribution in [0.25, 0.3) is 6.08 Å². The first-order valence-corrected chi connectivity index (χ1v) is 12.3. The van der Waals surface area contributed by atoms with Crippen molar-refractivity contribution in [1.29, 1.82) is 0 Å². The van der Waals surface area contributed by atoms with E-state index in [1.165, 1.54) is 15.9 Å². The zero-order valence-electron chi connectivity index (χ0n) is 19.6. The lowest BCUT2D eigenvalue weighted by Crippen LogP contribution is -2.40. The van der Waals surface area contributed by atoms with E-state index in [2.05, 4.69) is 11.6 Å². The summed E-state index contributed by atoms with van der Waals surface area (Å²) in [7, 11) is 0. The number of phenolic OH excluding ortho intramolecular Hbond substituents is 1. The van der Waals surface area contributed by atoms with Gasteiger partial charge in [0.1, 0.15) is 5.75 Å². The Kier molecular flexibility index (Phi) is 7.10. The van der Waals surface area contributed by atoms with E-state index in [-0.39, 0.29) is 17.4 Å². The van der Waals surface area contributed by atoms with E-state index in [0.717, 1.165) is 16.7 Å². The second-order valence-electron chi connectivity index (χ2n) is 8.47. The summed E-state index contributed by atoms with van der Waals surface area (Å²) in [6.07, 6.45) is 3.66. The molecule has 1 aliphatic heterocycles.